The number of amides is 1. The summed E-state index contributed by atoms with van der Waals surface area (Å²) >= 11 is 0. The van der Waals surface area contributed by atoms with E-state index in [9.17, 15) is 13.6 Å². The van der Waals surface area contributed by atoms with Crippen LogP contribution in [-0.2, 0) is 11.3 Å². The van der Waals surface area contributed by atoms with Gasteiger partial charge in [0, 0.05) is 11.8 Å². The van der Waals surface area contributed by atoms with E-state index in [1.165, 1.54) is 18.7 Å². The first-order valence-corrected chi connectivity index (χ1v) is 6.07. The lowest BCUT2D eigenvalue weighted by molar-refractivity contribution is -0.149. The van der Waals surface area contributed by atoms with Gasteiger partial charge in [0.15, 0.2) is 0 Å². The summed E-state index contributed by atoms with van der Waals surface area (Å²) in [6, 6.07) is 3.51. The second-order valence-corrected chi connectivity index (χ2v) is 5.07. The molecule has 0 atom stereocenters. The SMILES string of the molecule is CC(C)(C(=O)N1CCOc2ncccc2C1)C(F)F. The highest BCUT2D eigenvalue weighted by Gasteiger charge is 2.41. The molecule has 0 saturated carbocycles. The summed E-state index contributed by atoms with van der Waals surface area (Å²) in [5.74, 6) is -0.101. The smallest absolute Gasteiger partial charge is 0.252 e. The van der Waals surface area contributed by atoms with Crippen LogP contribution in [0, 0.1) is 5.41 Å². The van der Waals surface area contributed by atoms with Crippen LogP contribution in [0.1, 0.15) is 19.4 Å². The molecule has 1 amide bonds. The summed E-state index contributed by atoms with van der Waals surface area (Å²) in [4.78, 5) is 17.7. The molecule has 2 rings (SSSR count). The Balaban J connectivity index is 2.21. The maximum Gasteiger partial charge on any atom is 0.252 e. The van der Waals surface area contributed by atoms with Gasteiger partial charge in [-0.05, 0) is 19.9 Å². The van der Waals surface area contributed by atoms with Crippen LogP contribution in [0.2, 0.25) is 0 Å². The molecule has 104 valence electrons. The molecule has 0 unspecified atom stereocenters. The maximum atomic E-state index is 12.9. The number of pyridine rings is 1. The van der Waals surface area contributed by atoms with E-state index in [0.29, 0.717) is 5.88 Å². The predicted octanol–water partition coefficient (Wildman–Crippen LogP) is 2.09. The number of ether oxygens (including phenoxy) is 1. The van der Waals surface area contributed by atoms with Crippen molar-refractivity contribution in [2.45, 2.75) is 26.8 Å². The maximum absolute atomic E-state index is 12.9. The molecule has 0 spiro atoms. The van der Waals surface area contributed by atoms with Crippen molar-refractivity contribution in [3.05, 3.63) is 23.9 Å². The molecule has 19 heavy (non-hydrogen) atoms. The van der Waals surface area contributed by atoms with Gasteiger partial charge in [0.25, 0.3) is 6.43 Å². The first-order chi connectivity index (χ1) is 8.93. The molecule has 1 aromatic rings. The summed E-state index contributed by atoms with van der Waals surface area (Å²) in [5.41, 5.74) is -0.953. The van der Waals surface area contributed by atoms with Crippen molar-refractivity contribution >= 4 is 5.91 Å². The molecule has 0 radical (unpaired) electrons. The van der Waals surface area contributed by atoms with Crippen LogP contribution in [0.5, 0.6) is 5.88 Å². The summed E-state index contributed by atoms with van der Waals surface area (Å²) in [6.45, 7) is 3.31. The van der Waals surface area contributed by atoms with Gasteiger partial charge in [-0.2, -0.15) is 0 Å². The molecule has 1 aliphatic rings. The number of aromatic nitrogens is 1. The van der Waals surface area contributed by atoms with Crippen molar-refractivity contribution in [3.63, 3.8) is 0 Å². The van der Waals surface area contributed by atoms with Gasteiger partial charge in [0.05, 0.1) is 13.1 Å². The second kappa shape index (κ2) is 5.11. The minimum absolute atomic E-state index is 0.248. The quantitative estimate of drug-likeness (QED) is 0.826. The van der Waals surface area contributed by atoms with Gasteiger partial charge in [-0.25, -0.2) is 13.8 Å². The number of carbonyl (C=O) groups excluding carboxylic acids is 1. The van der Waals surface area contributed by atoms with Crippen molar-refractivity contribution in [1.82, 2.24) is 9.88 Å². The van der Waals surface area contributed by atoms with E-state index in [0.717, 1.165) is 5.56 Å². The number of hydrogen-bond donors (Lipinski definition) is 0. The van der Waals surface area contributed by atoms with Crippen molar-refractivity contribution < 1.29 is 18.3 Å². The van der Waals surface area contributed by atoms with Gasteiger partial charge in [-0.15, -0.1) is 0 Å². The summed E-state index contributed by atoms with van der Waals surface area (Å²) in [6.07, 6.45) is -1.10. The van der Waals surface area contributed by atoms with E-state index < -0.39 is 17.7 Å². The Morgan fingerprint density at radius 2 is 2.26 bits per heavy atom. The minimum atomic E-state index is -2.70. The zero-order chi connectivity index (χ0) is 14.0. The van der Waals surface area contributed by atoms with E-state index in [1.54, 1.807) is 18.3 Å². The highest BCUT2D eigenvalue weighted by atomic mass is 19.3. The molecule has 0 saturated heterocycles. The Morgan fingerprint density at radius 1 is 1.53 bits per heavy atom. The number of rotatable bonds is 2. The van der Waals surface area contributed by atoms with Gasteiger partial charge in [-0.3, -0.25) is 4.79 Å². The first kappa shape index (κ1) is 13.7. The third-order valence-electron chi connectivity index (χ3n) is 3.20. The topological polar surface area (TPSA) is 42.4 Å². The minimum Gasteiger partial charge on any atom is -0.476 e. The van der Waals surface area contributed by atoms with Crippen LogP contribution < -0.4 is 4.74 Å². The summed E-state index contributed by atoms with van der Waals surface area (Å²) < 4.78 is 31.3. The number of hydrogen-bond acceptors (Lipinski definition) is 3. The number of alkyl halides is 2. The van der Waals surface area contributed by atoms with Crippen molar-refractivity contribution in [2.24, 2.45) is 5.41 Å². The molecule has 2 heterocycles. The molecular formula is C13H16F2N2O2. The van der Waals surface area contributed by atoms with Crippen molar-refractivity contribution in [2.75, 3.05) is 13.2 Å². The Morgan fingerprint density at radius 3 is 2.95 bits per heavy atom. The second-order valence-electron chi connectivity index (χ2n) is 5.07. The predicted molar refractivity (Wildman–Crippen MR) is 64.9 cm³/mol. The molecule has 0 fully saturated rings. The average molecular weight is 270 g/mol. The largest absolute Gasteiger partial charge is 0.476 e. The Labute approximate surface area is 110 Å². The normalized spacial score (nSPS) is 15.7. The average Bonchev–Trinajstić information content (AvgIpc) is 2.59. The fourth-order valence-corrected chi connectivity index (χ4v) is 1.89. The summed E-state index contributed by atoms with van der Waals surface area (Å²) in [5, 5.41) is 0. The van der Waals surface area contributed by atoms with Crippen LogP contribution in [-0.4, -0.2) is 35.4 Å². The Kier molecular flexibility index (Phi) is 3.68. The molecule has 1 aliphatic heterocycles. The third kappa shape index (κ3) is 2.67. The van der Waals surface area contributed by atoms with Crippen LogP contribution in [0.3, 0.4) is 0 Å². The lowest BCUT2D eigenvalue weighted by Crippen LogP contribution is -2.45. The lowest BCUT2D eigenvalue weighted by atomic mass is 9.92. The highest BCUT2D eigenvalue weighted by molar-refractivity contribution is 5.82. The van der Waals surface area contributed by atoms with E-state index in [-0.39, 0.29) is 19.7 Å². The van der Waals surface area contributed by atoms with Gasteiger partial charge in [0.2, 0.25) is 11.8 Å². The fraction of sp³-hybridized carbons (Fsp3) is 0.538. The molecule has 1 aromatic heterocycles. The standard InChI is InChI=1S/C13H16F2N2O2/c1-13(2,11(14)15)12(18)17-6-7-19-10-9(8-17)4-3-5-16-10/h3-5,11H,6-8H2,1-2H3. The Hall–Kier alpha value is -1.72. The molecule has 6 heteroatoms. The molecule has 4 nitrogen and oxygen atoms in total. The monoisotopic (exact) mass is 270 g/mol. The number of halogens is 2. The summed E-state index contributed by atoms with van der Waals surface area (Å²) in [7, 11) is 0. The zero-order valence-corrected chi connectivity index (χ0v) is 10.9. The Bertz CT molecular complexity index is 477. The van der Waals surface area contributed by atoms with Crippen LogP contribution >= 0.6 is 0 Å². The van der Waals surface area contributed by atoms with E-state index in [1.807, 2.05) is 0 Å². The highest BCUT2D eigenvalue weighted by Crippen LogP contribution is 2.29. The van der Waals surface area contributed by atoms with Gasteiger partial charge < -0.3 is 9.64 Å². The number of carbonyl (C=O) groups is 1. The fourth-order valence-electron chi connectivity index (χ4n) is 1.89. The lowest BCUT2D eigenvalue weighted by Gasteiger charge is -2.30. The number of nitrogens with zero attached hydrogens (tertiary/aromatic N) is 2. The van der Waals surface area contributed by atoms with E-state index >= 15 is 0 Å². The molecule has 0 bridgehead atoms. The zero-order valence-electron chi connectivity index (χ0n) is 10.9. The molecule has 0 aromatic carbocycles. The molecular weight excluding hydrogens is 254 g/mol. The van der Waals surface area contributed by atoms with Crippen molar-refractivity contribution in [1.29, 1.82) is 0 Å². The van der Waals surface area contributed by atoms with E-state index in [4.69, 9.17) is 4.74 Å². The van der Waals surface area contributed by atoms with Crippen molar-refractivity contribution in [3.8, 4) is 5.88 Å². The number of fused-ring (bicyclic) bond motifs is 1. The van der Waals surface area contributed by atoms with Crippen LogP contribution in [0.4, 0.5) is 8.78 Å². The first-order valence-electron chi connectivity index (χ1n) is 6.07. The van der Waals surface area contributed by atoms with Gasteiger partial charge in [0.1, 0.15) is 12.0 Å². The van der Waals surface area contributed by atoms with E-state index in [2.05, 4.69) is 4.98 Å². The molecule has 0 aliphatic carbocycles. The van der Waals surface area contributed by atoms with Gasteiger partial charge in [-0.1, -0.05) is 6.07 Å². The van der Waals surface area contributed by atoms with Crippen LogP contribution in [0.15, 0.2) is 18.3 Å². The van der Waals surface area contributed by atoms with Gasteiger partial charge >= 0.3 is 0 Å². The third-order valence-corrected chi connectivity index (χ3v) is 3.20. The molecule has 0 N–H and O–H groups in total. The van der Waals surface area contributed by atoms with Crippen LogP contribution in [0.25, 0.3) is 0 Å².